The Hall–Kier alpha value is -3.47. The molecule has 0 aliphatic carbocycles. The van der Waals surface area contributed by atoms with Crippen molar-refractivity contribution in [3.63, 3.8) is 0 Å². The molecule has 2 amide bonds. The molecule has 0 radical (unpaired) electrons. The van der Waals surface area contributed by atoms with Crippen molar-refractivity contribution in [3.05, 3.63) is 95.3 Å². The summed E-state index contributed by atoms with van der Waals surface area (Å²) in [5, 5.41) is 5.69. The van der Waals surface area contributed by atoms with Gasteiger partial charge in [-0.3, -0.25) is 14.6 Å². The van der Waals surface area contributed by atoms with E-state index < -0.39 is 0 Å². The molecular weight excluding hydrogens is 338 g/mol. The van der Waals surface area contributed by atoms with Crippen LogP contribution >= 0.6 is 0 Å². The van der Waals surface area contributed by atoms with Crippen LogP contribution in [0, 0.1) is 0 Å². The molecule has 136 valence electrons. The first-order valence-corrected chi connectivity index (χ1v) is 8.83. The molecule has 3 rings (SSSR count). The predicted molar refractivity (Wildman–Crippen MR) is 106 cm³/mol. The van der Waals surface area contributed by atoms with Gasteiger partial charge in [0, 0.05) is 35.8 Å². The van der Waals surface area contributed by atoms with Crippen LogP contribution in [-0.4, -0.2) is 16.8 Å². The average Bonchev–Trinajstić information content (AvgIpc) is 2.73. The molecule has 0 saturated carbocycles. The molecule has 3 aromatic rings. The quantitative estimate of drug-likeness (QED) is 0.703. The third-order valence-corrected chi connectivity index (χ3v) is 4.18. The van der Waals surface area contributed by atoms with Gasteiger partial charge in [0.05, 0.1) is 0 Å². The highest BCUT2D eigenvalue weighted by Gasteiger charge is 2.11. The number of hydrogen-bond donors (Lipinski definition) is 2. The zero-order valence-electron chi connectivity index (χ0n) is 15.1. The molecule has 5 heteroatoms. The van der Waals surface area contributed by atoms with E-state index in [-0.39, 0.29) is 11.8 Å². The number of benzene rings is 2. The maximum absolute atomic E-state index is 12.5. The van der Waals surface area contributed by atoms with E-state index in [1.165, 1.54) is 5.56 Å². The van der Waals surface area contributed by atoms with E-state index >= 15 is 0 Å². The monoisotopic (exact) mass is 359 g/mol. The number of amides is 2. The van der Waals surface area contributed by atoms with E-state index in [1.807, 2.05) is 36.4 Å². The summed E-state index contributed by atoms with van der Waals surface area (Å²) in [4.78, 5) is 28.8. The number of pyridine rings is 1. The second-order valence-electron chi connectivity index (χ2n) is 6.13. The molecular formula is C22H21N3O2. The maximum atomic E-state index is 12.5. The van der Waals surface area contributed by atoms with Crippen molar-refractivity contribution >= 4 is 17.5 Å². The summed E-state index contributed by atoms with van der Waals surface area (Å²) >= 11 is 0. The van der Waals surface area contributed by atoms with Crippen LogP contribution in [0.3, 0.4) is 0 Å². The summed E-state index contributed by atoms with van der Waals surface area (Å²) < 4.78 is 0. The van der Waals surface area contributed by atoms with E-state index in [0.29, 0.717) is 17.7 Å². The van der Waals surface area contributed by atoms with Crippen LogP contribution in [0.1, 0.15) is 38.8 Å². The number of hydrogen-bond acceptors (Lipinski definition) is 3. The minimum absolute atomic E-state index is 0.235. The number of nitrogens with zero attached hydrogens (tertiary/aromatic N) is 1. The van der Waals surface area contributed by atoms with E-state index in [2.05, 4.69) is 22.5 Å². The third kappa shape index (κ3) is 5.01. The van der Waals surface area contributed by atoms with Crippen molar-refractivity contribution in [2.45, 2.75) is 19.9 Å². The summed E-state index contributed by atoms with van der Waals surface area (Å²) in [6.45, 7) is 2.46. The molecule has 2 N–H and O–H groups in total. The molecule has 0 bridgehead atoms. The van der Waals surface area contributed by atoms with Crippen LogP contribution in [0.5, 0.6) is 0 Å². The van der Waals surface area contributed by atoms with Gasteiger partial charge < -0.3 is 10.6 Å². The normalized spacial score (nSPS) is 10.3. The second-order valence-corrected chi connectivity index (χ2v) is 6.13. The predicted octanol–water partition coefficient (Wildman–Crippen LogP) is 3.83. The first-order valence-electron chi connectivity index (χ1n) is 8.83. The fourth-order valence-corrected chi connectivity index (χ4v) is 2.62. The smallest absolute Gasteiger partial charge is 0.255 e. The minimum atomic E-state index is -0.249. The van der Waals surface area contributed by atoms with Gasteiger partial charge in [-0.1, -0.05) is 31.2 Å². The number of carbonyl (C=O) groups is 2. The standard InChI is InChI=1S/C22H21N3O2/c1-2-16-8-10-20(11-9-16)25-22(27)19-7-3-6-18(13-19)21(26)24-15-17-5-4-12-23-14-17/h3-14H,2,15H2,1H3,(H,24,26)(H,25,27). The molecule has 0 aliphatic heterocycles. The summed E-state index contributed by atoms with van der Waals surface area (Å²) in [5.41, 5.74) is 3.72. The second kappa shape index (κ2) is 8.76. The van der Waals surface area contributed by atoms with Crippen molar-refractivity contribution < 1.29 is 9.59 Å². The summed E-state index contributed by atoms with van der Waals surface area (Å²) in [6.07, 6.45) is 4.33. The van der Waals surface area contributed by atoms with Gasteiger partial charge in [0.25, 0.3) is 11.8 Å². The van der Waals surface area contributed by atoms with Gasteiger partial charge in [-0.25, -0.2) is 0 Å². The lowest BCUT2D eigenvalue weighted by molar-refractivity contribution is 0.0951. The fourth-order valence-electron chi connectivity index (χ4n) is 2.62. The van der Waals surface area contributed by atoms with E-state index in [9.17, 15) is 9.59 Å². The summed E-state index contributed by atoms with van der Waals surface area (Å²) in [7, 11) is 0. The SMILES string of the molecule is CCc1ccc(NC(=O)c2cccc(C(=O)NCc3cccnc3)c2)cc1. The highest BCUT2D eigenvalue weighted by molar-refractivity contribution is 6.06. The third-order valence-electron chi connectivity index (χ3n) is 4.18. The molecule has 0 atom stereocenters. The van der Waals surface area contributed by atoms with Crippen LogP contribution in [0.2, 0.25) is 0 Å². The van der Waals surface area contributed by atoms with E-state index in [4.69, 9.17) is 0 Å². The molecule has 0 saturated heterocycles. The van der Waals surface area contributed by atoms with Crippen LogP contribution in [0.25, 0.3) is 0 Å². The highest BCUT2D eigenvalue weighted by Crippen LogP contribution is 2.13. The van der Waals surface area contributed by atoms with Gasteiger partial charge in [-0.2, -0.15) is 0 Å². The number of aryl methyl sites for hydroxylation is 1. The van der Waals surface area contributed by atoms with Gasteiger partial charge in [-0.15, -0.1) is 0 Å². The molecule has 0 fully saturated rings. The number of nitrogens with one attached hydrogen (secondary N) is 2. The lowest BCUT2D eigenvalue weighted by atomic mass is 10.1. The van der Waals surface area contributed by atoms with Crippen LogP contribution in [-0.2, 0) is 13.0 Å². The van der Waals surface area contributed by atoms with Crippen molar-refractivity contribution in [1.82, 2.24) is 10.3 Å². The van der Waals surface area contributed by atoms with Gasteiger partial charge in [0.1, 0.15) is 0 Å². The summed E-state index contributed by atoms with van der Waals surface area (Å²) in [6, 6.07) is 18.1. The number of anilines is 1. The van der Waals surface area contributed by atoms with Gasteiger partial charge >= 0.3 is 0 Å². The Labute approximate surface area is 158 Å². The van der Waals surface area contributed by atoms with Crippen molar-refractivity contribution in [2.24, 2.45) is 0 Å². The maximum Gasteiger partial charge on any atom is 0.255 e. The van der Waals surface area contributed by atoms with Crippen molar-refractivity contribution in [1.29, 1.82) is 0 Å². The van der Waals surface area contributed by atoms with Gasteiger partial charge in [0.2, 0.25) is 0 Å². The van der Waals surface area contributed by atoms with Crippen LogP contribution in [0.15, 0.2) is 73.1 Å². The molecule has 0 spiro atoms. The largest absolute Gasteiger partial charge is 0.348 e. The molecule has 0 aliphatic rings. The Morgan fingerprint density at radius 1 is 0.889 bits per heavy atom. The zero-order chi connectivity index (χ0) is 19.1. The topological polar surface area (TPSA) is 71.1 Å². The lowest BCUT2D eigenvalue weighted by Crippen LogP contribution is -2.23. The van der Waals surface area contributed by atoms with Crippen LogP contribution in [0.4, 0.5) is 5.69 Å². The number of aromatic nitrogens is 1. The Bertz CT molecular complexity index is 922. The van der Waals surface area contributed by atoms with Crippen molar-refractivity contribution in [3.8, 4) is 0 Å². The van der Waals surface area contributed by atoms with E-state index in [0.717, 1.165) is 17.7 Å². The summed E-state index contributed by atoms with van der Waals surface area (Å²) in [5.74, 6) is -0.484. The Morgan fingerprint density at radius 2 is 1.63 bits per heavy atom. The molecule has 0 unspecified atom stereocenters. The lowest BCUT2D eigenvalue weighted by Gasteiger charge is -2.08. The van der Waals surface area contributed by atoms with Crippen LogP contribution < -0.4 is 10.6 Å². The minimum Gasteiger partial charge on any atom is -0.348 e. The molecule has 27 heavy (non-hydrogen) atoms. The molecule has 2 aromatic carbocycles. The fraction of sp³-hybridized carbons (Fsp3) is 0.136. The van der Waals surface area contributed by atoms with Gasteiger partial charge in [0.15, 0.2) is 0 Å². The molecule has 1 aromatic heterocycles. The molecule has 1 heterocycles. The Morgan fingerprint density at radius 3 is 2.30 bits per heavy atom. The zero-order valence-corrected chi connectivity index (χ0v) is 15.1. The van der Waals surface area contributed by atoms with Crippen molar-refractivity contribution in [2.75, 3.05) is 5.32 Å². The molecule has 5 nitrogen and oxygen atoms in total. The first kappa shape index (κ1) is 18.3. The number of carbonyl (C=O) groups excluding carboxylic acids is 2. The average molecular weight is 359 g/mol. The van der Waals surface area contributed by atoms with E-state index in [1.54, 1.807) is 36.7 Å². The number of rotatable bonds is 6. The highest BCUT2D eigenvalue weighted by atomic mass is 16.2. The van der Waals surface area contributed by atoms with Gasteiger partial charge in [-0.05, 0) is 53.9 Å². The first-order chi connectivity index (χ1) is 13.2. The Balaban J connectivity index is 1.64. The Kier molecular flexibility index (Phi) is 5.94.